The first-order valence-electron chi connectivity index (χ1n) is 5.32. The minimum atomic E-state index is -0.547. The van der Waals surface area contributed by atoms with Gasteiger partial charge < -0.3 is 15.6 Å². The van der Waals surface area contributed by atoms with E-state index in [-0.39, 0.29) is 12.0 Å². The Bertz CT molecular complexity index is 391. The van der Waals surface area contributed by atoms with Gasteiger partial charge in [-0.3, -0.25) is 0 Å². The molecule has 2 rings (SSSR count). The van der Waals surface area contributed by atoms with Crippen LogP contribution in [0.4, 0.5) is 0 Å². The molecule has 0 aromatic heterocycles. The molecule has 88 valence electrons. The van der Waals surface area contributed by atoms with Crippen LogP contribution in [0.3, 0.4) is 0 Å². The maximum atomic E-state index is 10.1. The fourth-order valence-electron chi connectivity index (χ4n) is 2.21. The van der Waals surface area contributed by atoms with Crippen molar-refractivity contribution in [3.8, 4) is 0 Å². The molecule has 1 aliphatic heterocycles. The molecule has 0 bridgehead atoms. The Hall–Kier alpha value is -0.420. The molecule has 1 unspecified atom stereocenters. The summed E-state index contributed by atoms with van der Waals surface area (Å²) < 4.78 is 6.30. The molecular formula is C12H16BrNO2. The van der Waals surface area contributed by atoms with Crippen LogP contribution in [0.2, 0.25) is 0 Å². The fraction of sp³-hybridized carbons (Fsp3) is 0.500. The minimum absolute atomic E-state index is 0.259. The van der Waals surface area contributed by atoms with Gasteiger partial charge in [-0.15, -0.1) is 0 Å². The van der Waals surface area contributed by atoms with Crippen molar-refractivity contribution in [2.75, 3.05) is 19.8 Å². The van der Waals surface area contributed by atoms with Gasteiger partial charge in [-0.1, -0.05) is 22.0 Å². The topological polar surface area (TPSA) is 55.5 Å². The van der Waals surface area contributed by atoms with Crippen molar-refractivity contribution < 1.29 is 9.84 Å². The van der Waals surface area contributed by atoms with Crippen molar-refractivity contribution in [2.45, 2.75) is 18.4 Å². The molecular weight excluding hydrogens is 270 g/mol. The van der Waals surface area contributed by atoms with Crippen LogP contribution in [0.5, 0.6) is 0 Å². The van der Waals surface area contributed by atoms with Crippen molar-refractivity contribution in [1.29, 1.82) is 0 Å². The molecule has 0 amide bonds. The summed E-state index contributed by atoms with van der Waals surface area (Å²) in [6.45, 7) is 3.39. The summed E-state index contributed by atoms with van der Waals surface area (Å²) in [7, 11) is 0. The lowest BCUT2D eigenvalue weighted by Gasteiger charge is -2.45. The van der Waals surface area contributed by atoms with E-state index in [1.165, 1.54) is 5.56 Å². The molecule has 4 heteroatoms. The molecule has 0 spiro atoms. The third kappa shape index (κ3) is 1.80. The molecule has 1 heterocycles. The zero-order chi connectivity index (χ0) is 11.8. The minimum Gasteiger partial charge on any atom is -0.391 e. The summed E-state index contributed by atoms with van der Waals surface area (Å²) >= 11 is 3.46. The van der Waals surface area contributed by atoms with Gasteiger partial charge in [0.2, 0.25) is 0 Å². The van der Waals surface area contributed by atoms with Crippen molar-refractivity contribution in [3.05, 3.63) is 33.8 Å². The number of nitrogens with two attached hydrogens (primary N) is 1. The van der Waals surface area contributed by atoms with E-state index in [9.17, 15) is 5.11 Å². The second-order valence-corrected chi connectivity index (χ2v) is 5.28. The zero-order valence-electron chi connectivity index (χ0n) is 9.24. The number of hydrogen-bond donors (Lipinski definition) is 2. The molecule has 1 fully saturated rings. The number of rotatable bonds is 3. The van der Waals surface area contributed by atoms with Crippen molar-refractivity contribution >= 4 is 15.9 Å². The summed E-state index contributed by atoms with van der Waals surface area (Å²) in [4.78, 5) is 0. The Balaban J connectivity index is 2.44. The van der Waals surface area contributed by atoms with E-state index in [2.05, 4.69) is 22.0 Å². The largest absolute Gasteiger partial charge is 0.391 e. The Kier molecular flexibility index (Phi) is 3.35. The van der Waals surface area contributed by atoms with Gasteiger partial charge in [-0.05, 0) is 30.2 Å². The lowest BCUT2D eigenvalue weighted by atomic mass is 9.72. The van der Waals surface area contributed by atoms with Crippen molar-refractivity contribution in [1.82, 2.24) is 0 Å². The number of benzene rings is 1. The van der Waals surface area contributed by atoms with Gasteiger partial charge in [0.05, 0.1) is 24.7 Å². The summed E-state index contributed by atoms with van der Waals surface area (Å²) in [6.07, 6.45) is -0.547. The summed E-state index contributed by atoms with van der Waals surface area (Å²) in [5.74, 6) is 0. The van der Waals surface area contributed by atoms with E-state index in [1.54, 1.807) is 0 Å². The molecule has 1 saturated heterocycles. The number of aliphatic hydroxyl groups is 1. The average Bonchev–Trinajstić information content (AvgIpc) is 2.21. The first-order chi connectivity index (χ1) is 7.60. The number of ether oxygens (including phenoxy) is 1. The van der Waals surface area contributed by atoms with Crippen LogP contribution in [0.1, 0.15) is 11.1 Å². The van der Waals surface area contributed by atoms with Crippen molar-refractivity contribution in [3.63, 3.8) is 0 Å². The highest BCUT2D eigenvalue weighted by molar-refractivity contribution is 9.10. The number of halogens is 1. The maximum Gasteiger partial charge on any atom is 0.0803 e. The molecule has 16 heavy (non-hydrogen) atoms. The Morgan fingerprint density at radius 2 is 2.25 bits per heavy atom. The summed E-state index contributed by atoms with van der Waals surface area (Å²) in [5.41, 5.74) is 7.56. The lowest BCUT2D eigenvalue weighted by Crippen LogP contribution is -2.58. The quantitative estimate of drug-likeness (QED) is 0.881. The number of aryl methyl sites for hydroxylation is 1. The Labute approximate surface area is 104 Å². The lowest BCUT2D eigenvalue weighted by molar-refractivity contribution is -0.117. The zero-order valence-corrected chi connectivity index (χ0v) is 10.8. The molecule has 1 aromatic carbocycles. The van der Waals surface area contributed by atoms with Gasteiger partial charge in [0, 0.05) is 11.0 Å². The Morgan fingerprint density at radius 1 is 1.56 bits per heavy atom. The normalized spacial score (nSPS) is 20.2. The number of hydrogen-bond acceptors (Lipinski definition) is 3. The third-order valence-electron chi connectivity index (χ3n) is 3.32. The molecule has 1 atom stereocenters. The third-order valence-corrected chi connectivity index (χ3v) is 3.81. The first kappa shape index (κ1) is 12.0. The highest BCUT2D eigenvalue weighted by atomic mass is 79.9. The van der Waals surface area contributed by atoms with E-state index in [0.717, 1.165) is 10.0 Å². The van der Waals surface area contributed by atoms with Gasteiger partial charge in [-0.25, -0.2) is 0 Å². The van der Waals surface area contributed by atoms with Crippen LogP contribution in [-0.4, -0.2) is 31.0 Å². The highest BCUT2D eigenvalue weighted by Gasteiger charge is 2.46. The van der Waals surface area contributed by atoms with E-state index >= 15 is 0 Å². The predicted octanol–water partition coefficient (Wildman–Crippen LogP) is 1.35. The van der Waals surface area contributed by atoms with Gasteiger partial charge in [-0.2, -0.15) is 0 Å². The SMILES string of the molecule is Cc1ccc(Br)cc1C1(C(O)CN)COC1. The monoisotopic (exact) mass is 285 g/mol. The van der Waals surface area contributed by atoms with Crippen LogP contribution in [-0.2, 0) is 10.2 Å². The fourth-order valence-corrected chi connectivity index (χ4v) is 2.57. The van der Waals surface area contributed by atoms with E-state index in [0.29, 0.717) is 13.2 Å². The molecule has 3 N–H and O–H groups in total. The molecule has 0 radical (unpaired) electrons. The standard InChI is InChI=1S/C12H16BrNO2/c1-8-2-3-9(13)4-10(8)12(6-16-7-12)11(15)5-14/h2-4,11,15H,5-7,14H2,1H3. The molecule has 0 saturated carbocycles. The summed E-state index contributed by atoms with van der Waals surface area (Å²) in [6, 6.07) is 6.10. The van der Waals surface area contributed by atoms with Gasteiger partial charge in [0.15, 0.2) is 0 Å². The van der Waals surface area contributed by atoms with Crippen LogP contribution in [0.25, 0.3) is 0 Å². The van der Waals surface area contributed by atoms with Crippen LogP contribution >= 0.6 is 15.9 Å². The highest BCUT2D eigenvalue weighted by Crippen LogP contribution is 2.38. The molecule has 0 aliphatic carbocycles. The predicted molar refractivity (Wildman–Crippen MR) is 66.4 cm³/mol. The molecule has 1 aliphatic rings. The van der Waals surface area contributed by atoms with Crippen LogP contribution in [0, 0.1) is 6.92 Å². The number of aliphatic hydroxyl groups excluding tert-OH is 1. The van der Waals surface area contributed by atoms with E-state index in [4.69, 9.17) is 10.5 Å². The summed E-state index contributed by atoms with van der Waals surface area (Å²) in [5, 5.41) is 10.1. The van der Waals surface area contributed by atoms with Crippen LogP contribution in [0.15, 0.2) is 22.7 Å². The second kappa shape index (κ2) is 4.45. The van der Waals surface area contributed by atoms with Gasteiger partial charge in [0.1, 0.15) is 0 Å². The van der Waals surface area contributed by atoms with Crippen LogP contribution < -0.4 is 5.73 Å². The molecule has 3 nitrogen and oxygen atoms in total. The van der Waals surface area contributed by atoms with E-state index < -0.39 is 6.10 Å². The molecule has 1 aromatic rings. The van der Waals surface area contributed by atoms with E-state index in [1.807, 2.05) is 19.1 Å². The van der Waals surface area contributed by atoms with Crippen molar-refractivity contribution in [2.24, 2.45) is 5.73 Å². The maximum absolute atomic E-state index is 10.1. The van der Waals surface area contributed by atoms with Gasteiger partial charge in [0.25, 0.3) is 0 Å². The smallest absolute Gasteiger partial charge is 0.0803 e. The Morgan fingerprint density at radius 3 is 2.75 bits per heavy atom. The van der Waals surface area contributed by atoms with Gasteiger partial charge >= 0.3 is 0 Å². The first-order valence-corrected chi connectivity index (χ1v) is 6.12. The average molecular weight is 286 g/mol. The second-order valence-electron chi connectivity index (χ2n) is 4.36.